The van der Waals surface area contributed by atoms with Crippen LogP contribution in [0.25, 0.3) is 11.0 Å². The van der Waals surface area contributed by atoms with Crippen molar-refractivity contribution in [2.75, 3.05) is 17.8 Å². The van der Waals surface area contributed by atoms with Gasteiger partial charge in [0.05, 0.1) is 18.0 Å². The van der Waals surface area contributed by atoms with Crippen molar-refractivity contribution in [1.29, 1.82) is 0 Å². The SMILES string of the molecule is CSc1cccc(CC(=O)NC2CCC(n3c(=O)c4cc(F)cnc4n(C4CCSCC4)c3=O)CC2)c1. The Labute approximate surface area is 223 Å². The van der Waals surface area contributed by atoms with Gasteiger partial charge in [0.2, 0.25) is 5.91 Å². The average Bonchev–Trinajstić information content (AvgIpc) is 2.91. The fourth-order valence-electron chi connectivity index (χ4n) is 5.52. The van der Waals surface area contributed by atoms with Crippen LogP contribution in [0.3, 0.4) is 0 Å². The Hall–Kier alpha value is -2.59. The van der Waals surface area contributed by atoms with Crippen LogP contribution < -0.4 is 16.6 Å². The maximum atomic E-state index is 14.1. The Kier molecular flexibility index (Phi) is 8.04. The quantitative estimate of drug-likeness (QED) is 0.467. The Bertz CT molecular complexity index is 1410. The van der Waals surface area contributed by atoms with E-state index in [0.717, 1.165) is 41.0 Å². The molecule has 1 aromatic carbocycles. The third-order valence-corrected chi connectivity index (χ3v) is 9.18. The zero-order chi connectivity index (χ0) is 25.9. The second-order valence-electron chi connectivity index (χ2n) is 9.80. The predicted octanol–water partition coefficient (Wildman–Crippen LogP) is 4.33. The van der Waals surface area contributed by atoms with Crippen LogP contribution in [0.4, 0.5) is 4.39 Å². The van der Waals surface area contributed by atoms with Gasteiger partial charge in [-0.1, -0.05) is 12.1 Å². The molecule has 3 heterocycles. The predicted molar refractivity (Wildman–Crippen MR) is 147 cm³/mol. The van der Waals surface area contributed by atoms with Gasteiger partial charge in [0.25, 0.3) is 5.56 Å². The Balaban J connectivity index is 1.34. The standard InChI is InChI=1S/C27H31FN4O3S2/c1-36-22-4-2-3-17(13-22)14-24(33)30-19-5-7-20(8-6-19)32-26(34)23-15-18(28)16-29-25(23)31(27(32)35)21-9-11-37-12-10-21/h2-4,13,15-16,19-21H,5-12,14H2,1H3,(H,30,33). The number of fused-ring (bicyclic) bond motifs is 1. The van der Waals surface area contributed by atoms with Crippen LogP contribution >= 0.6 is 23.5 Å². The van der Waals surface area contributed by atoms with Crippen LogP contribution in [0.5, 0.6) is 0 Å². The number of rotatable bonds is 6. The number of benzene rings is 1. The number of nitrogens with one attached hydrogen (secondary N) is 1. The van der Waals surface area contributed by atoms with Crippen molar-refractivity contribution in [2.45, 2.75) is 68.0 Å². The molecule has 1 saturated carbocycles. The maximum Gasteiger partial charge on any atom is 0.333 e. The molecule has 1 amide bonds. The summed E-state index contributed by atoms with van der Waals surface area (Å²) in [6.07, 6.45) is 7.57. The van der Waals surface area contributed by atoms with Crippen LogP contribution in [-0.4, -0.2) is 43.8 Å². The summed E-state index contributed by atoms with van der Waals surface area (Å²) in [5, 5.41) is 3.28. The molecule has 1 saturated heterocycles. The highest BCUT2D eigenvalue weighted by Crippen LogP contribution is 2.30. The molecule has 2 aliphatic rings. The highest BCUT2D eigenvalue weighted by atomic mass is 32.2. The van der Waals surface area contributed by atoms with Gasteiger partial charge in [-0.15, -0.1) is 11.8 Å². The molecule has 10 heteroatoms. The Morgan fingerprint density at radius 3 is 2.54 bits per heavy atom. The van der Waals surface area contributed by atoms with Gasteiger partial charge in [0, 0.05) is 23.0 Å². The number of hydrogen-bond acceptors (Lipinski definition) is 6. The van der Waals surface area contributed by atoms with E-state index < -0.39 is 11.4 Å². The van der Waals surface area contributed by atoms with Gasteiger partial charge in [-0.2, -0.15) is 11.8 Å². The van der Waals surface area contributed by atoms with Crippen LogP contribution in [0, 0.1) is 5.82 Å². The van der Waals surface area contributed by atoms with Crippen molar-refractivity contribution in [1.82, 2.24) is 19.4 Å². The molecule has 2 aromatic heterocycles. The molecule has 3 aromatic rings. The number of carbonyl (C=O) groups is 1. The third kappa shape index (κ3) is 5.65. The first-order valence-corrected chi connectivity index (χ1v) is 15.1. The average molecular weight is 543 g/mol. The summed E-state index contributed by atoms with van der Waals surface area (Å²) in [4.78, 5) is 45.1. The van der Waals surface area contributed by atoms with E-state index in [1.54, 1.807) is 16.3 Å². The number of thioether (sulfide) groups is 2. The number of carbonyl (C=O) groups excluding carboxylic acids is 1. The molecule has 2 fully saturated rings. The molecule has 0 bridgehead atoms. The van der Waals surface area contributed by atoms with Gasteiger partial charge in [-0.3, -0.25) is 18.7 Å². The van der Waals surface area contributed by atoms with E-state index in [-0.39, 0.29) is 40.8 Å². The summed E-state index contributed by atoms with van der Waals surface area (Å²) < 4.78 is 17.1. The van der Waals surface area contributed by atoms with Crippen LogP contribution in [0.1, 0.15) is 56.2 Å². The Morgan fingerprint density at radius 1 is 1.08 bits per heavy atom. The zero-order valence-corrected chi connectivity index (χ0v) is 22.5. The summed E-state index contributed by atoms with van der Waals surface area (Å²) >= 11 is 3.49. The highest BCUT2D eigenvalue weighted by Gasteiger charge is 2.29. The first-order chi connectivity index (χ1) is 17.9. The maximum absolute atomic E-state index is 14.1. The minimum absolute atomic E-state index is 0.000321. The second kappa shape index (κ2) is 11.4. The van der Waals surface area contributed by atoms with Crippen molar-refractivity contribution in [3.63, 3.8) is 0 Å². The number of hydrogen-bond donors (Lipinski definition) is 1. The lowest BCUT2D eigenvalue weighted by Crippen LogP contribution is -2.46. The molecular weight excluding hydrogens is 511 g/mol. The van der Waals surface area contributed by atoms with Crippen molar-refractivity contribution in [2.24, 2.45) is 0 Å². The number of pyridine rings is 1. The third-order valence-electron chi connectivity index (χ3n) is 7.40. The number of aromatic nitrogens is 3. The molecular formula is C27H31FN4O3S2. The van der Waals surface area contributed by atoms with Gasteiger partial charge in [0.15, 0.2) is 0 Å². The molecule has 1 N–H and O–H groups in total. The molecule has 37 heavy (non-hydrogen) atoms. The minimum Gasteiger partial charge on any atom is -0.353 e. The molecule has 1 aliphatic heterocycles. The Morgan fingerprint density at radius 2 is 1.81 bits per heavy atom. The summed E-state index contributed by atoms with van der Waals surface area (Å²) in [7, 11) is 0. The van der Waals surface area contributed by atoms with E-state index in [1.165, 1.54) is 10.6 Å². The highest BCUT2D eigenvalue weighted by molar-refractivity contribution is 7.99. The van der Waals surface area contributed by atoms with Crippen LogP contribution in [-0.2, 0) is 11.2 Å². The fraction of sp³-hybridized carbons (Fsp3) is 0.481. The van der Waals surface area contributed by atoms with Gasteiger partial charge in [0.1, 0.15) is 11.5 Å². The first kappa shape index (κ1) is 26.0. The summed E-state index contributed by atoms with van der Waals surface area (Å²) in [6, 6.07) is 8.82. The van der Waals surface area contributed by atoms with Gasteiger partial charge >= 0.3 is 5.69 Å². The number of amides is 1. The summed E-state index contributed by atoms with van der Waals surface area (Å²) in [5.74, 6) is 1.26. The molecule has 5 rings (SSSR count). The van der Waals surface area contributed by atoms with E-state index in [1.807, 2.05) is 42.3 Å². The molecule has 0 atom stereocenters. The number of halogens is 1. The van der Waals surface area contributed by atoms with Gasteiger partial charge in [-0.25, -0.2) is 14.2 Å². The van der Waals surface area contributed by atoms with Crippen molar-refractivity contribution in [3.8, 4) is 0 Å². The van der Waals surface area contributed by atoms with Crippen molar-refractivity contribution >= 4 is 40.5 Å². The molecule has 1 aliphatic carbocycles. The van der Waals surface area contributed by atoms with E-state index in [2.05, 4.69) is 10.3 Å². The lowest BCUT2D eigenvalue weighted by molar-refractivity contribution is -0.121. The minimum atomic E-state index is -0.588. The molecule has 0 radical (unpaired) electrons. The van der Waals surface area contributed by atoms with E-state index in [9.17, 15) is 18.8 Å². The van der Waals surface area contributed by atoms with Crippen LogP contribution in [0.15, 0.2) is 51.0 Å². The topological polar surface area (TPSA) is 86.0 Å². The summed E-state index contributed by atoms with van der Waals surface area (Å²) in [5.41, 5.74) is 0.420. The van der Waals surface area contributed by atoms with Gasteiger partial charge in [-0.05, 0) is 80.0 Å². The number of nitrogens with zero attached hydrogens (tertiary/aromatic N) is 3. The molecule has 7 nitrogen and oxygen atoms in total. The van der Waals surface area contributed by atoms with E-state index in [0.29, 0.717) is 32.1 Å². The van der Waals surface area contributed by atoms with E-state index in [4.69, 9.17) is 0 Å². The lowest BCUT2D eigenvalue weighted by atomic mass is 9.90. The smallest absolute Gasteiger partial charge is 0.333 e. The normalized spacial score (nSPS) is 20.7. The summed E-state index contributed by atoms with van der Waals surface area (Å²) in [6.45, 7) is 0. The molecule has 196 valence electrons. The molecule has 0 unspecified atom stereocenters. The fourth-order valence-corrected chi connectivity index (χ4v) is 7.09. The molecule has 0 spiro atoms. The monoisotopic (exact) mass is 542 g/mol. The van der Waals surface area contributed by atoms with Crippen molar-refractivity contribution in [3.05, 3.63) is 68.7 Å². The van der Waals surface area contributed by atoms with Crippen molar-refractivity contribution < 1.29 is 9.18 Å². The second-order valence-corrected chi connectivity index (χ2v) is 11.9. The van der Waals surface area contributed by atoms with Crippen LogP contribution in [0.2, 0.25) is 0 Å². The zero-order valence-electron chi connectivity index (χ0n) is 20.8. The first-order valence-electron chi connectivity index (χ1n) is 12.8. The largest absolute Gasteiger partial charge is 0.353 e. The van der Waals surface area contributed by atoms with Gasteiger partial charge < -0.3 is 5.32 Å². The van der Waals surface area contributed by atoms with E-state index >= 15 is 0 Å². The lowest BCUT2D eigenvalue weighted by Gasteiger charge is -2.31.